The van der Waals surface area contributed by atoms with Crippen molar-refractivity contribution in [3.63, 3.8) is 0 Å². The van der Waals surface area contributed by atoms with Crippen molar-refractivity contribution in [1.29, 1.82) is 0 Å². The molecule has 33 heavy (non-hydrogen) atoms. The van der Waals surface area contributed by atoms with Crippen LogP contribution in [0, 0.1) is 10.1 Å². The van der Waals surface area contributed by atoms with Crippen LogP contribution in [0.2, 0.25) is 0 Å². The van der Waals surface area contributed by atoms with Crippen LogP contribution in [0.3, 0.4) is 0 Å². The standard InChI is InChI=1S/C22H24N6O5/c1-22(2,3)27-21(29)33-17-11-7-14(8-12-17)24-19-18(28(30)31)13-23-20(26-19)25-15-5-9-16(32-4)10-6-15/h5-13H,1-4H3,(H,27,29)(H2,23,24,25,26). The summed E-state index contributed by atoms with van der Waals surface area (Å²) >= 11 is 0. The quantitative estimate of drug-likeness (QED) is 0.341. The summed E-state index contributed by atoms with van der Waals surface area (Å²) in [6.45, 7) is 5.52. The maximum absolute atomic E-state index is 11.9. The minimum Gasteiger partial charge on any atom is -0.497 e. The lowest BCUT2D eigenvalue weighted by molar-refractivity contribution is -0.384. The molecule has 0 saturated carbocycles. The third-order valence-corrected chi connectivity index (χ3v) is 4.12. The van der Waals surface area contributed by atoms with Crippen LogP contribution in [0.15, 0.2) is 54.7 Å². The van der Waals surface area contributed by atoms with Crippen molar-refractivity contribution in [1.82, 2.24) is 15.3 Å². The summed E-state index contributed by atoms with van der Waals surface area (Å²) < 4.78 is 10.4. The summed E-state index contributed by atoms with van der Waals surface area (Å²) in [4.78, 5) is 31.0. The molecular weight excluding hydrogens is 428 g/mol. The first kappa shape index (κ1) is 23.3. The molecule has 0 aliphatic rings. The highest BCUT2D eigenvalue weighted by Gasteiger charge is 2.18. The number of carbonyl (C=O) groups excluding carboxylic acids is 1. The molecule has 3 N–H and O–H groups in total. The molecule has 172 valence electrons. The van der Waals surface area contributed by atoms with Crippen molar-refractivity contribution in [2.24, 2.45) is 0 Å². The highest BCUT2D eigenvalue weighted by molar-refractivity contribution is 5.72. The molecule has 0 aliphatic carbocycles. The van der Waals surface area contributed by atoms with Crippen molar-refractivity contribution in [2.75, 3.05) is 17.7 Å². The number of hydrogen-bond donors (Lipinski definition) is 3. The topological polar surface area (TPSA) is 141 Å². The summed E-state index contributed by atoms with van der Waals surface area (Å²) in [7, 11) is 1.57. The highest BCUT2D eigenvalue weighted by Crippen LogP contribution is 2.28. The van der Waals surface area contributed by atoms with Gasteiger partial charge in [0.05, 0.1) is 12.0 Å². The van der Waals surface area contributed by atoms with E-state index >= 15 is 0 Å². The average Bonchev–Trinajstić information content (AvgIpc) is 2.74. The third kappa shape index (κ3) is 6.79. The van der Waals surface area contributed by atoms with E-state index in [9.17, 15) is 14.9 Å². The highest BCUT2D eigenvalue weighted by atomic mass is 16.6. The molecule has 2 aromatic carbocycles. The van der Waals surface area contributed by atoms with Crippen LogP contribution in [0.25, 0.3) is 0 Å². The van der Waals surface area contributed by atoms with Gasteiger partial charge < -0.3 is 25.4 Å². The predicted molar refractivity (Wildman–Crippen MR) is 124 cm³/mol. The predicted octanol–water partition coefficient (Wildman–Crippen LogP) is 4.77. The van der Waals surface area contributed by atoms with E-state index in [4.69, 9.17) is 9.47 Å². The number of rotatable bonds is 7. The van der Waals surface area contributed by atoms with Gasteiger partial charge in [-0.3, -0.25) is 10.1 Å². The van der Waals surface area contributed by atoms with Crippen LogP contribution < -0.4 is 25.4 Å². The smallest absolute Gasteiger partial charge is 0.413 e. The maximum Gasteiger partial charge on any atom is 0.413 e. The van der Waals surface area contributed by atoms with E-state index in [-0.39, 0.29) is 17.5 Å². The SMILES string of the molecule is COc1ccc(Nc2ncc([N+](=O)[O-])c(Nc3ccc(OC(=O)NC(C)(C)C)cc3)n2)cc1. The number of ether oxygens (including phenoxy) is 2. The lowest BCUT2D eigenvalue weighted by Gasteiger charge is -2.19. The lowest BCUT2D eigenvalue weighted by Crippen LogP contribution is -2.42. The first-order valence-electron chi connectivity index (χ1n) is 9.92. The Morgan fingerprint density at radius 2 is 1.55 bits per heavy atom. The van der Waals surface area contributed by atoms with Gasteiger partial charge in [-0.25, -0.2) is 9.78 Å². The Bertz CT molecular complexity index is 1130. The molecule has 0 aliphatic heterocycles. The van der Waals surface area contributed by atoms with Crippen molar-refractivity contribution in [3.8, 4) is 11.5 Å². The van der Waals surface area contributed by atoms with Gasteiger partial charge in [0.2, 0.25) is 11.8 Å². The zero-order chi connectivity index (χ0) is 24.0. The van der Waals surface area contributed by atoms with Crippen molar-refractivity contribution in [2.45, 2.75) is 26.3 Å². The summed E-state index contributed by atoms with van der Waals surface area (Å²) in [6, 6.07) is 13.4. The zero-order valence-corrected chi connectivity index (χ0v) is 18.6. The Labute approximate surface area is 190 Å². The molecule has 0 fully saturated rings. The monoisotopic (exact) mass is 452 g/mol. The van der Waals surface area contributed by atoms with Gasteiger partial charge in [0.1, 0.15) is 17.7 Å². The van der Waals surface area contributed by atoms with Crippen LogP contribution in [-0.4, -0.2) is 33.6 Å². The lowest BCUT2D eigenvalue weighted by atomic mass is 10.1. The number of nitrogens with zero attached hydrogens (tertiary/aromatic N) is 3. The van der Waals surface area contributed by atoms with Crippen molar-refractivity contribution >= 4 is 34.9 Å². The molecule has 1 aromatic heterocycles. The van der Waals surface area contributed by atoms with Crippen LogP contribution in [0.4, 0.5) is 33.6 Å². The Kier molecular flexibility index (Phi) is 6.91. The first-order valence-corrected chi connectivity index (χ1v) is 9.92. The molecule has 1 heterocycles. The Balaban J connectivity index is 1.75. The van der Waals surface area contributed by atoms with Crippen molar-refractivity contribution < 1.29 is 19.2 Å². The molecule has 0 atom stereocenters. The molecule has 0 spiro atoms. The number of amides is 1. The van der Waals surface area contributed by atoms with E-state index in [1.54, 1.807) is 55.6 Å². The molecule has 1 amide bonds. The van der Waals surface area contributed by atoms with E-state index in [2.05, 4.69) is 25.9 Å². The number of benzene rings is 2. The second kappa shape index (κ2) is 9.81. The Morgan fingerprint density at radius 3 is 2.09 bits per heavy atom. The largest absolute Gasteiger partial charge is 0.497 e. The minimum atomic E-state index is -0.580. The summed E-state index contributed by atoms with van der Waals surface area (Å²) in [5.41, 5.74) is 0.476. The van der Waals surface area contributed by atoms with Crippen LogP contribution in [0.1, 0.15) is 20.8 Å². The van der Waals surface area contributed by atoms with E-state index in [1.807, 2.05) is 20.8 Å². The van der Waals surface area contributed by atoms with Gasteiger partial charge in [-0.15, -0.1) is 0 Å². The van der Waals surface area contributed by atoms with Crippen LogP contribution >= 0.6 is 0 Å². The zero-order valence-electron chi connectivity index (χ0n) is 18.6. The van der Waals surface area contributed by atoms with E-state index in [0.717, 1.165) is 6.20 Å². The summed E-state index contributed by atoms with van der Waals surface area (Å²) in [6.07, 6.45) is 0.541. The second-order valence-electron chi connectivity index (χ2n) is 7.95. The summed E-state index contributed by atoms with van der Waals surface area (Å²) in [5.74, 6) is 1.19. The van der Waals surface area contributed by atoms with Gasteiger partial charge in [0.25, 0.3) is 0 Å². The molecular formula is C22H24N6O5. The number of hydrogen-bond acceptors (Lipinski definition) is 9. The van der Waals surface area contributed by atoms with Gasteiger partial charge in [0, 0.05) is 16.9 Å². The number of methoxy groups -OCH3 is 1. The van der Waals surface area contributed by atoms with Crippen LogP contribution in [-0.2, 0) is 0 Å². The molecule has 11 heteroatoms. The van der Waals surface area contributed by atoms with Gasteiger partial charge in [-0.05, 0) is 69.3 Å². The fraction of sp³-hybridized carbons (Fsp3) is 0.227. The normalized spacial score (nSPS) is 10.8. The third-order valence-electron chi connectivity index (χ3n) is 4.12. The Hall–Kier alpha value is -4.41. The molecule has 3 rings (SSSR count). The van der Waals surface area contributed by atoms with Gasteiger partial charge >= 0.3 is 11.8 Å². The van der Waals surface area contributed by atoms with E-state index in [1.165, 1.54) is 0 Å². The molecule has 0 saturated heterocycles. The fourth-order valence-corrected chi connectivity index (χ4v) is 2.65. The first-order chi connectivity index (χ1) is 15.6. The van der Waals surface area contributed by atoms with Crippen molar-refractivity contribution in [3.05, 3.63) is 64.8 Å². The molecule has 3 aromatic rings. The van der Waals surface area contributed by atoms with Gasteiger partial charge in [-0.1, -0.05) is 0 Å². The second-order valence-corrected chi connectivity index (χ2v) is 7.95. The number of nitrogens with one attached hydrogen (secondary N) is 3. The number of carbonyl (C=O) groups is 1. The average molecular weight is 452 g/mol. The van der Waals surface area contributed by atoms with Gasteiger partial charge in [-0.2, -0.15) is 4.98 Å². The molecule has 0 radical (unpaired) electrons. The number of anilines is 4. The molecule has 0 unspecified atom stereocenters. The molecule has 0 bridgehead atoms. The fourth-order valence-electron chi connectivity index (χ4n) is 2.65. The van der Waals surface area contributed by atoms with E-state index in [0.29, 0.717) is 22.9 Å². The van der Waals surface area contributed by atoms with Crippen LogP contribution in [0.5, 0.6) is 11.5 Å². The van der Waals surface area contributed by atoms with Gasteiger partial charge in [0.15, 0.2) is 0 Å². The number of aromatic nitrogens is 2. The van der Waals surface area contributed by atoms with E-state index < -0.39 is 16.6 Å². The minimum absolute atomic E-state index is 0.00477. The molecule has 11 nitrogen and oxygen atoms in total. The summed E-state index contributed by atoms with van der Waals surface area (Å²) in [5, 5.41) is 20.0. The Morgan fingerprint density at radius 1 is 0.970 bits per heavy atom. The maximum atomic E-state index is 11.9. The number of nitro groups is 1.